The number of alkyl halides is 3. The zero-order chi connectivity index (χ0) is 18.9. The van der Waals surface area contributed by atoms with Gasteiger partial charge in [0.15, 0.2) is 5.65 Å². The number of hydrogen-bond acceptors (Lipinski definition) is 5. The Bertz CT molecular complexity index is 966. The Labute approximate surface area is 146 Å². The van der Waals surface area contributed by atoms with Crippen LogP contribution in [0.25, 0.3) is 5.65 Å². The van der Waals surface area contributed by atoms with E-state index in [1.807, 2.05) is 25.3 Å². The van der Waals surface area contributed by atoms with Crippen molar-refractivity contribution < 1.29 is 18.0 Å². The first-order valence-electron chi connectivity index (χ1n) is 7.63. The summed E-state index contributed by atoms with van der Waals surface area (Å²) >= 11 is 0. The third kappa shape index (κ3) is 4.08. The predicted molar refractivity (Wildman–Crippen MR) is 88.4 cm³/mol. The Hall–Kier alpha value is -3.17. The van der Waals surface area contributed by atoms with Crippen LogP contribution in [0.4, 0.5) is 24.8 Å². The fourth-order valence-corrected chi connectivity index (χ4v) is 2.24. The van der Waals surface area contributed by atoms with Gasteiger partial charge in [-0.05, 0) is 37.1 Å². The van der Waals surface area contributed by atoms with Crippen molar-refractivity contribution >= 4 is 23.2 Å². The number of carbonyl (C=O) groups is 1. The normalized spacial score (nSPS) is 11.6. The van der Waals surface area contributed by atoms with E-state index in [2.05, 4.69) is 20.4 Å². The van der Waals surface area contributed by atoms with E-state index < -0.39 is 18.6 Å². The lowest BCUT2D eigenvalue weighted by Crippen LogP contribution is -2.34. The molecule has 0 fully saturated rings. The van der Waals surface area contributed by atoms with Gasteiger partial charge in [-0.2, -0.15) is 18.2 Å². The Balaban J connectivity index is 1.75. The molecular weight excluding hydrogens is 349 g/mol. The maximum atomic E-state index is 12.2. The van der Waals surface area contributed by atoms with Crippen molar-refractivity contribution in [3.05, 3.63) is 47.4 Å². The molecular formula is C16H15F3N6O. The van der Waals surface area contributed by atoms with Crippen LogP contribution in [-0.4, -0.2) is 38.2 Å². The minimum atomic E-state index is -4.47. The number of rotatable bonds is 4. The highest BCUT2D eigenvalue weighted by molar-refractivity contribution is 5.92. The van der Waals surface area contributed by atoms with Crippen molar-refractivity contribution in [1.29, 1.82) is 0 Å². The Morgan fingerprint density at radius 2 is 2.04 bits per heavy atom. The smallest absolute Gasteiger partial charge is 0.342 e. The van der Waals surface area contributed by atoms with Crippen molar-refractivity contribution in [2.75, 3.05) is 11.9 Å². The molecule has 10 heteroatoms. The monoisotopic (exact) mass is 364 g/mol. The second kappa shape index (κ2) is 6.62. The lowest BCUT2D eigenvalue weighted by Gasteiger charge is -2.10. The molecule has 0 aliphatic carbocycles. The second-order valence-electron chi connectivity index (χ2n) is 5.75. The van der Waals surface area contributed by atoms with Crippen molar-refractivity contribution in [3.8, 4) is 0 Å². The average Bonchev–Trinajstić information content (AvgIpc) is 2.95. The van der Waals surface area contributed by atoms with Crippen molar-refractivity contribution in [2.24, 2.45) is 0 Å². The zero-order valence-electron chi connectivity index (χ0n) is 13.9. The Morgan fingerprint density at radius 1 is 1.27 bits per heavy atom. The number of nitrogens with zero attached hydrogens (tertiary/aromatic N) is 4. The maximum absolute atomic E-state index is 12.2. The van der Waals surface area contributed by atoms with Gasteiger partial charge in [0.25, 0.3) is 5.91 Å². The standard InChI is InChI=1S/C16H15F3N6O/c1-9-3-4-13-23-15(24-25(13)7-9)22-12-6-20-11(5-10(12)2)14(26)21-8-16(17,18)19/h3-7H,8H2,1-2H3,(H,21,26)(H,22,24). The van der Waals surface area contributed by atoms with Crippen molar-refractivity contribution in [1.82, 2.24) is 24.9 Å². The topological polar surface area (TPSA) is 84.2 Å². The summed E-state index contributed by atoms with van der Waals surface area (Å²) in [5.41, 5.74) is 2.75. The number of carbonyl (C=O) groups excluding carboxylic acids is 1. The van der Waals surface area contributed by atoms with Gasteiger partial charge in [-0.1, -0.05) is 6.07 Å². The van der Waals surface area contributed by atoms with Gasteiger partial charge in [-0.25, -0.2) is 9.50 Å². The Kier molecular flexibility index (Phi) is 4.49. The van der Waals surface area contributed by atoms with Crippen LogP contribution in [0.2, 0.25) is 0 Å². The van der Waals surface area contributed by atoms with Gasteiger partial charge in [0.2, 0.25) is 5.95 Å². The lowest BCUT2D eigenvalue weighted by molar-refractivity contribution is -0.123. The maximum Gasteiger partial charge on any atom is 0.405 e. The summed E-state index contributed by atoms with van der Waals surface area (Å²) in [5.74, 6) is -0.548. The number of aryl methyl sites for hydroxylation is 2. The van der Waals surface area contributed by atoms with Gasteiger partial charge in [0.1, 0.15) is 12.2 Å². The number of fused-ring (bicyclic) bond motifs is 1. The molecule has 0 radical (unpaired) electrons. The molecule has 0 saturated heterocycles. The summed E-state index contributed by atoms with van der Waals surface area (Å²) in [7, 11) is 0. The third-order valence-electron chi connectivity index (χ3n) is 3.52. The third-order valence-corrected chi connectivity index (χ3v) is 3.52. The summed E-state index contributed by atoms with van der Waals surface area (Å²) in [5, 5.41) is 9.06. The molecule has 7 nitrogen and oxygen atoms in total. The second-order valence-corrected chi connectivity index (χ2v) is 5.75. The fourth-order valence-electron chi connectivity index (χ4n) is 2.24. The molecule has 2 N–H and O–H groups in total. The molecule has 0 aromatic carbocycles. The fraction of sp³-hybridized carbons (Fsp3) is 0.250. The van der Waals surface area contributed by atoms with Gasteiger partial charge in [0, 0.05) is 6.20 Å². The van der Waals surface area contributed by atoms with E-state index in [0.717, 1.165) is 5.56 Å². The molecule has 3 aromatic heterocycles. The largest absolute Gasteiger partial charge is 0.405 e. The number of aromatic nitrogens is 4. The van der Waals surface area contributed by atoms with E-state index in [9.17, 15) is 18.0 Å². The van der Waals surface area contributed by atoms with E-state index in [1.54, 1.807) is 16.8 Å². The molecule has 3 aromatic rings. The number of amides is 1. The molecule has 26 heavy (non-hydrogen) atoms. The minimum absolute atomic E-state index is 0.101. The van der Waals surface area contributed by atoms with Gasteiger partial charge in [-0.3, -0.25) is 4.79 Å². The molecule has 0 bridgehead atoms. The summed E-state index contributed by atoms with van der Waals surface area (Å²) in [6.45, 7) is 2.23. The molecule has 3 rings (SSSR count). The van der Waals surface area contributed by atoms with Crippen LogP contribution in [0, 0.1) is 13.8 Å². The number of hydrogen-bond donors (Lipinski definition) is 2. The van der Waals surface area contributed by atoms with Gasteiger partial charge < -0.3 is 10.6 Å². The van der Waals surface area contributed by atoms with Crippen LogP contribution >= 0.6 is 0 Å². The highest BCUT2D eigenvalue weighted by Crippen LogP contribution is 2.19. The summed E-state index contributed by atoms with van der Waals surface area (Å²) in [6.07, 6.45) is -1.29. The van der Waals surface area contributed by atoms with Crippen LogP contribution in [0.1, 0.15) is 21.6 Å². The summed E-state index contributed by atoms with van der Waals surface area (Å²) < 4.78 is 38.1. The first-order chi connectivity index (χ1) is 12.2. The number of anilines is 2. The van der Waals surface area contributed by atoms with Crippen LogP contribution in [-0.2, 0) is 0 Å². The van der Waals surface area contributed by atoms with E-state index in [-0.39, 0.29) is 5.69 Å². The molecule has 0 unspecified atom stereocenters. The van der Waals surface area contributed by atoms with Gasteiger partial charge in [0.05, 0.1) is 11.9 Å². The van der Waals surface area contributed by atoms with E-state index in [0.29, 0.717) is 22.8 Å². The molecule has 1 amide bonds. The molecule has 0 spiro atoms. The van der Waals surface area contributed by atoms with Crippen LogP contribution in [0.15, 0.2) is 30.6 Å². The number of nitrogens with one attached hydrogen (secondary N) is 2. The first kappa shape index (κ1) is 17.6. The SMILES string of the molecule is Cc1ccc2nc(Nc3cnc(C(=O)NCC(F)(F)F)cc3C)nn2c1. The Morgan fingerprint density at radius 3 is 2.73 bits per heavy atom. The van der Waals surface area contributed by atoms with E-state index >= 15 is 0 Å². The lowest BCUT2D eigenvalue weighted by atomic mass is 10.2. The number of halogens is 3. The first-order valence-corrected chi connectivity index (χ1v) is 7.63. The quantitative estimate of drug-likeness (QED) is 0.744. The molecule has 0 aliphatic heterocycles. The molecule has 0 atom stereocenters. The molecule has 3 heterocycles. The summed E-state index contributed by atoms with van der Waals surface area (Å²) in [6, 6.07) is 5.13. The number of pyridine rings is 2. The highest BCUT2D eigenvalue weighted by atomic mass is 19.4. The summed E-state index contributed by atoms with van der Waals surface area (Å²) in [4.78, 5) is 20.0. The van der Waals surface area contributed by atoms with Crippen molar-refractivity contribution in [2.45, 2.75) is 20.0 Å². The van der Waals surface area contributed by atoms with Crippen LogP contribution in [0.3, 0.4) is 0 Å². The van der Waals surface area contributed by atoms with Crippen LogP contribution < -0.4 is 10.6 Å². The van der Waals surface area contributed by atoms with Crippen LogP contribution in [0.5, 0.6) is 0 Å². The van der Waals surface area contributed by atoms with E-state index in [4.69, 9.17) is 0 Å². The van der Waals surface area contributed by atoms with E-state index in [1.165, 1.54) is 12.3 Å². The zero-order valence-corrected chi connectivity index (χ0v) is 13.9. The minimum Gasteiger partial charge on any atom is -0.342 e. The van der Waals surface area contributed by atoms with Crippen molar-refractivity contribution in [3.63, 3.8) is 0 Å². The average molecular weight is 364 g/mol. The molecule has 0 saturated carbocycles. The molecule has 136 valence electrons. The van der Waals surface area contributed by atoms with Gasteiger partial charge >= 0.3 is 6.18 Å². The highest BCUT2D eigenvalue weighted by Gasteiger charge is 2.28. The van der Waals surface area contributed by atoms with Gasteiger partial charge in [-0.15, -0.1) is 5.10 Å². The predicted octanol–water partition coefficient (Wildman–Crippen LogP) is 2.78. The molecule has 0 aliphatic rings.